The number of nitrogens with one attached hydrogen (secondary N) is 1. The molecule has 1 saturated carbocycles. The Kier molecular flexibility index (Phi) is 3.81. The first-order chi connectivity index (χ1) is 7.29. The summed E-state index contributed by atoms with van der Waals surface area (Å²) in [6.45, 7) is 0.488. The molecule has 2 rings (SSSR count). The van der Waals surface area contributed by atoms with E-state index in [1.54, 1.807) is 0 Å². The highest BCUT2D eigenvalue weighted by molar-refractivity contribution is 9.10. The number of nitrogens with two attached hydrogens (primary N) is 1. The molecule has 0 bridgehead atoms. The SMILES string of the molecule is NCc1nc(Br)c(CCC2CCCC2)[nH]1. The number of halogens is 1. The predicted octanol–water partition coefficient (Wildman–Crippen LogP) is 2.75. The molecule has 3 nitrogen and oxygen atoms in total. The fraction of sp³-hybridized carbons (Fsp3) is 0.727. The van der Waals surface area contributed by atoms with E-state index in [0.29, 0.717) is 6.54 Å². The molecular weight excluding hydrogens is 254 g/mol. The van der Waals surface area contributed by atoms with E-state index in [-0.39, 0.29) is 0 Å². The normalized spacial score (nSPS) is 17.5. The zero-order chi connectivity index (χ0) is 10.7. The number of hydrogen-bond donors (Lipinski definition) is 2. The van der Waals surface area contributed by atoms with Crippen LogP contribution in [0.2, 0.25) is 0 Å². The van der Waals surface area contributed by atoms with Crippen molar-refractivity contribution in [3.05, 3.63) is 16.1 Å². The molecule has 1 aliphatic carbocycles. The van der Waals surface area contributed by atoms with Gasteiger partial charge in [-0.2, -0.15) is 0 Å². The number of H-pyrrole nitrogens is 1. The van der Waals surface area contributed by atoms with Gasteiger partial charge in [-0.15, -0.1) is 0 Å². The van der Waals surface area contributed by atoms with Crippen molar-refractivity contribution in [1.29, 1.82) is 0 Å². The molecule has 1 heterocycles. The molecule has 1 aromatic rings. The predicted molar refractivity (Wildman–Crippen MR) is 64.5 cm³/mol. The highest BCUT2D eigenvalue weighted by Gasteiger charge is 2.16. The summed E-state index contributed by atoms with van der Waals surface area (Å²) in [6, 6.07) is 0. The average Bonchev–Trinajstić information content (AvgIpc) is 2.84. The lowest BCUT2D eigenvalue weighted by Crippen LogP contribution is -1.99. The van der Waals surface area contributed by atoms with E-state index in [2.05, 4.69) is 25.9 Å². The number of aromatic nitrogens is 2. The van der Waals surface area contributed by atoms with Crippen molar-refractivity contribution in [2.45, 2.75) is 45.1 Å². The molecule has 0 aromatic carbocycles. The van der Waals surface area contributed by atoms with Gasteiger partial charge < -0.3 is 10.7 Å². The maximum atomic E-state index is 5.54. The van der Waals surface area contributed by atoms with Crippen LogP contribution in [0.5, 0.6) is 0 Å². The third kappa shape index (κ3) is 2.82. The lowest BCUT2D eigenvalue weighted by atomic mass is 10.0. The second-order valence-electron chi connectivity index (χ2n) is 4.35. The molecule has 1 fully saturated rings. The van der Waals surface area contributed by atoms with Crippen molar-refractivity contribution >= 4 is 15.9 Å². The van der Waals surface area contributed by atoms with Crippen molar-refractivity contribution in [3.63, 3.8) is 0 Å². The smallest absolute Gasteiger partial charge is 0.127 e. The van der Waals surface area contributed by atoms with Gasteiger partial charge in [0.05, 0.1) is 6.54 Å². The van der Waals surface area contributed by atoms with E-state index < -0.39 is 0 Å². The topological polar surface area (TPSA) is 54.7 Å². The summed E-state index contributed by atoms with van der Waals surface area (Å²) in [5.74, 6) is 1.81. The molecule has 0 amide bonds. The Hall–Kier alpha value is -0.350. The highest BCUT2D eigenvalue weighted by Crippen LogP contribution is 2.29. The Morgan fingerprint density at radius 3 is 2.73 bits per heavy atom. The molecule has 84 valence electrons. The zero-order valence-electron chi connectivity index (χ0n) is 8.93. The Balaban J connectivity index is 1.89. The molecule has 0 atom stereocenters. The number of aromatic amines is 1. The summed E-state index contributed by atoms with van der Waals surface area (Å²) in [4.78, 5) is 7.58. The number of aryl methyl sites for hydroxylation is 1. The second-order valence-corrected chi connectivity index (χ2v) is 5.10. The van der Waals surface area contributed by atoms with Crippen LogP contribution in [0.25, 0.3) is 0 Å². The zero-order valence-corrected chi connectivity index (χ0v) is 10.5. The minimum atomic E-state index is 0.488. The van der Waals surface area contributed by atoms with Crippen LogP contribution in [0.3, 0.4) is 0 Å². The van der Waals surface area contributed by atoms with Gasteiger partial charge in [-0.25, -0.2) is 4.98 Å². The van der Waals surface area contributed by atoms with Crippen LogP contribution in [-0.4, -0.2) is 9.97 Å². The molecule has 0 aliphatic heterocycles. The average molecular weight is 272 g/mol. The van der Waals surface area contributed by atoms with Gasteiger partial charge in [0.1, 0.15) is 10.4 Å². The van der Waals surface area contributed by atoms with Gasteiger partial charge in [0.2, 0.25) is 0 Å². The first-order valence-electron chi connectivity index (χ1n) is 5.73. The molecule has 15 heavy (non-hydrogen) atoms. The maximum absolute atomic E-state index is 5.54. The van der Waals surface area contributed by atoms with Crippen LogP contribution in [0.15, 0.2) is 4.60 Å². The number of imidazole rings is 1. The fourth-order valence-electron chi connectivity index (χ4n) is 2.35. The summed E-state index contributed by atoms with van der Waals surface area (Å²) in [5.41, 5.74) is 6.75. The third-order valence-corrected chi connectivity index (χ3v) is 3.90. The van der Waals surface area contributed by atoms with Crippen molar-refractivity contribution in [2.75, 3.05) is 0 Å². The number of nitrogens with zero attached hydrogens (tertiary/aromatic N) is 1. The van der Waals surface area contributed by atoms with Crippen LogP contribution in [0.4, 0.5) is 0 Å². The minimum Gasteiger partial charge on any atom is -0.344 e. The Labute approximate surface area is 99.0 Å². The van der Waals surface area contributed by atoms with Crippen molar-refractivity contribution in [3.8, 4) is 0 Å². The summed E-state index contributed by atoms with van der Waals surface area (Å²) in [7, 11) is 0. The van der Waals surface area contributed by atoms with Crippen molar-refractivity contribution in [2.24, 2.45) is 11.7 Å². The van der Waals surface area contributed by atoms with Crippen LogP contribution in [-0.2, 0) is 13.0 Å². The van der Waals surface area contributed by atoms with Gasteiger partial charge >= 0.3 is 0 Å². The Morgan fingerprint density at radius 1 is 1.40 bits per heavy atom. The molecule has 0 unspecified atom stereocenters. The standard InChI is InChI=1S/C11H18BrN3/c12-11-9(14-10(7-13)15-11)6-5-8-3-1-2-4-8/h8H,1-7,13H2,(H,14,15). The molecular formula is C11H18BrN3. The monoisotopic (exact) mass is 271 g/mol. The third-order valence-electron chi connectivity index (χ3n) is 3.25. The van der Waals surface area contributed by atoms with Gasteiger partial charge in [-0.1, -0.05) is 25.7 Å². The highest BCUT2D eigenvalue weighted by atomic mass is 79.9. The van der Waals surface area contributed by atoms with E-state index in [0.717, 1.165) is 22.8 Å². The number of rotatable bonds is 4. The summed E-state index contributed by atoms with van der Waals surface area (Å²) >= 11 is 3.47. The quantitative estimate of drug-likeness (QED) is 0.885. The second kappa shape index (κ2) is 5.12. The van der Waals surface area contributed by atoms with Crippen LogP contribution < -0.4 is 5.73 Å². The van der Waals surface area contributed by atoms with Crippen LogP contribution in [0.1, 0.15) is 43.6 Å². The summed E-state index contributed by atoms with van der Waals surface area (Å²) in [6.07, 6.45) is 8.04. The van der Waals surface area contributed by atoms with E-state index in [4.69, 9.17) is 5.73 Å². The largest absolute Gasteiger partial charge is 0.344 e. The van der Waals surface area contributed by atoms with Gasteiger partial charge in [-0.3, -0.25) is 0 Å². The Bertz CT molecular complexity index is 316. The van der Waals surface area contributed by atoms with E-state index in [1.165, 1.54) is 37.8 Å². The van der Waals surface area contributed by atoms with Gasteiger partial charge in [-0.05, 0) is 34.7 Å². The van der Waals surface area contributed by atoms with Crippen LogP contribution in [0, 0.1) is 5.92 Å². The van der Waals surface area contributed by atoms with E-state index >= 15 is 0 Å². The molecule has 1 aromatic heterocycles. The molecule has 0 radical (unpaired) electrons. The summed E-state index contributed by atoms with van der Waals surface area (Å²) < 4.78 is 0.945. The molecule has 0 saturated heterocycles. The summed E-state index contributed by atoms with van der Waals surface area (Å²) in [5, 5.41) is 0. The maximum Gasteiger partial charge on any atom is 0.127 e. The number of hydrogen-bond acceptors (Lipinski definition) is 2. The van der Waals surface area contributed by atoms with E-state index in [1.807, 2.05) is 0 Å². The molecule has 3 N–H and O–H groups in total. The lowest BCUT2D eigenvalue weighted by molar-refractivity contribution is 0.500. The minimum absolute atomic E-state index is 0.488. The van der Waals surface area contributed by atoms with Crippen molar-refractivity contribution < 1.29 is 0 Å². The first kappa shape index (κ1) is 11.1. The first-order valence-corrected chi connectivity index (χ1v) is 6.52. The van der Waals surface area contributed by atoms with Crippen LogP contribution >= 0.6 is 15.9 Å². The Morgan fingerprint density at radius 2 is 2.13 bits per heavy atom. The van der Waals surface area contributed by atoms with Gasteiger partial charge in [0, 0.05) is 5.69 Å². The fourth-order valence-corrected chi connectivity index (χ4v) is 2.86. The van der Waals surface area contributed by atoms with Gasteiger partial charge in [0.25, 0.3) is 0 Å². The molecule has 1 aliphatic rings. The van der Waals surface area contributed by atoms with E-state index in [9.17, 15) is 0 Å². The lowest BCUT2D eigenvalue weighted by Gasteiger charge is -2.06. The molecule has 0 spiro atoms. The molecule has 4 heteroatoms. The van der Waals surface area contributed by atoms with Gasteiger partial charge in [0.15, 0.2) is 0 Å². The van der Waals surface area contributed by atoms with Crippen molar-refractivity contribution in [1.82, 2.24) is 9.97 Å².